The molecule has 0 saturated heterocycles. The summed E-state index contributed by atoms with van der Waals surface area (Å²) in [5, 5.41) is 8.02. The third-order valence-corrected chi connectivity index (χ3v) is 5.01. The van der Waals surface area contributed by atoms with Gasteiger partial charge in [-0.25, -0.2) is 9.80 Å². The first kappa shape index (κ1) is 19.6. The fourth-order valence-corrected chi connectivity index (χ4v) is 3.67. The van der Waals surface area contributed by atoms with Crippen LogP contribution in [0.15, 0.2) is 53.6 Å². The summed E-state index contributed by atoms with van der Waals surface area (Å²) >= 11 is 1.26. The molecule has 2 aromatic carbocycles. The Bertz CT molecular complexity index is 939. The fourth-order valence-electron chi connectivity index (χ4n) is 2.54. The van der Waals surface area contributed by atoms with Crippen molar-refractivity contribution in [2.24, 2.45) is 5.10 Å². The van der Waals surface area contributed by atoms with E-state index in [0.717, 1.165) is 11.1 Å². The number of esters is 1. The SMILES string of the molecule is CC(=O)NC1=NN(C(C)=O)[C@@H](c2ccc(OC(=O)c3ccc(C)cc3)cc2)S1. The monoisotopic (exact) mass is 397 g/mol. The molecular formula is C20H19N3O4S. The van der Waals surface area contributed by atoms with Gasteiger partial charge in [-0.05, 0) is 36.8 Å². The summed E-state index contributed by atoms with van der Waals surface area (Å²) in [5.41, 5.74) is 2.32. The van der Waals surface area contributed by atoms with E-state index in [1.807, 2.05) is 19.1 Å². The molecule has 1 aliphatic heterocycles. The number of carbonyl (C=O) groups is 3. The van der Waals surface area contributed by atoms with E-state index in [0.29, 0.717) is 16.5 Å². The van der Waals surface area contributed by atoms with Crippen molar-refractivity contribution in [3.63, 3.8) is 0 Å². The smallest absolute Gasteiger partial charge is 0.343 e. The largest absolute Gasteiger partial charge is 0.423 e. The summed E-state index contributed by atoms with van der Waals surface area (Å²) in [5.74, 6) is -0.541. The highest BCUT2D eigenvalue weighted by Crippen LogP contribution is 2.39. The molecule has 0 unspecified atom stereocenters. The van der Waals surface area contributed by atoms with E-state index >= 15 is 0 Å². The van der Waals surface area contributed by atoms with Crippen molar-refractivity contribution in [3.8, 4) is 5.75 Å². The number of hydrazone groups is 1. The van der Waals surface area contributed by atoms with Gasteiger partial charge in [-0.2, -0.15) is 0 Å². The molecule has 2 aromatic rings. The molecule has 1 atom stereocenters. The molecule has 1 heterocycles. The first-order valence-electron chi connectivity index (χ1n) is 8.55. The number of thioether (sulfide) groups is 1. The van der Waals surface area contributed by atoms with E-state index in [4.69, 9.17) is 4.74 Å². The van der Waals surface area contributed by atoms with Gasteiger partial charge in [-0.15, -0.1) is 5.10 Å². The molecule has 28 heavy (non-hydrogen) atoms. The van der Waals surface area contributed by atoms with Gasteiger partial charge < -0.3 is 10.1 Å². The minimum atomic E-state index is -0.440. The van der Waals surface area contributed by atoms with Gasteiger partial charge in [0.2, 0.25) is 11.8 Å². The van der Waals surface area contributed by atoms with Gasteiger partial charge >= 0.3 is 5.97 Å². The summed E-state index contributed by atoms with van der Waals surface area (Å²) in [4.78, 5) is 35.3. The van der Waals surface area contributed by atoms with Crippen molar-refractivity contribution in [2.45, 2.75) is 26.1 Å². The average molecular weight is 397 g/mol. The molecular weight excluding hydrogens is 378 g/mol. The second-order valence-electron chi connectivity index (χ2n) is 6.24. The predicted molar refractivity (Wildman–Crippen MR) is 107 cm³/mol. The van der Waals surface area contributed by atoms with Gasteiger partial charge in [0.05, 0.1) is 5.56 Å². The van der Waals surface area contributed by atoms with Crippen LogP contribution in [0.3, 0.4) is 0 Å². The van der Waals surface area contributed by atoms with Crippen LogP contribution in [-0.2, 0) is 9.59 Å². The fraction of sp³-hybridized carbons (Fsp3) is 0.200. The summed E-state index contributed by atoms with van der Waals surface area (Å²) in [6, 6.07) is 14.0. The number of ether oxygens (including phenoxy) is 1. The van der Waals surface area contributed by atoms with E-state index in [-0.39, 0.29) is 11.8 Å². The van der Waals surface area contributed by atoms with Gasteiger partial charge in [0.1, 0.15) is 11.1 Å². The normalized spacial score (nSPS) is 15.8. The molecule has 0 radical (unpaired) electrons. The molecule has 3 rings (SSSR count). The third-order valence-electron chi connectivity index (χ3n) is 3.91. The second kappa shape index (κ2) is 8.26. The zero-order valence-electron chi connectivity index (χ0n) is 15.6. The number of hydrogen-bond acceptors (Lipinski definition) is 6. The summed E-state index contributed by atoms with van der Waals surface area (Å²) < 4.78 is 5.39. The zero-order valence-corrected chi connectivity index (χ0v) is 16.4. The van der Waals surface area contributed by atoms with Crippen LogP contribution in [0.25, 0.3) is 0 Å². The maximum absolute atomic E-state index is 12.2. The van der Waals surface area contributed by atoms with Crippen molar-refractivity contribution in [3.05, 3.63) is 65.2 Å². The summed E-state index contributed by atoms with van der Waals surface area (Å²) in [6.45, 7) is 4.73. The van der Waals surface area contributed by atoms with Crippen molar-refractivity contribution in [2.75, 3.05) is 0 Å². The Kier molecular flexibility index (Phi) is 5.79. The van der Waals surface area contributed by atoms with Crippen LogP contribution in [-0.4, -0.2) is 28.0 Å². The number of nitrogens with zero attached hydrogens (tertiary/aromatic N) is 2. The lowest BCUT2D eigenvalue weighted by atomic mass is 10.1. The molecule has 1 N–H and O–H groups in total. The first-order chi connectivity index (χ1) is 13.3. The third kappa shape index (κ3) is 4.58. The topological polar surface area (TPSA) is 88.1 Å². The Morgan fingerprint density at radius 1 is 1.04 bits per heavy atom. The van der Waals surface area contributed by atoms with Crippen LogP contribution in [0, 0.1) is 6.92 Å². The summed E-state index contributed by atoms with van der Waals surface area (Å²) in [7, 11) is 0. The molecule has 0 saturated carbocycles. The van der Waals surface area contributed by atoms with Crippen molar-refractivity contribution in [1.82, 2.24) is 10.3 Å². The predicted octanol–water partition coefficient (Wildman–Crippen LogP) is 3.22. The average Bonchev–Trinajstić information content (AvgIpc) is 3.06. The number of rotatable bonds is 3. The lowest BCUT2D eigenvalue weighted by Gasteiger charge is -2.19. The van der Waals surface area contributed by atoms with Gasteiger partial charge in [0, 0.05) is 13.8 Å². The first-order valence-corrected chi connectivity index (χ1v) is 9.43. The Balaban J connectivity index is 1.71. The van der Waals surface area contributed by atoms with Crippen LogP contribution < -0.4 is 10.1 Å². The minimum Gasteiger partial charge on any atom is -0.423 e. The number of hydrogen-bond donors (Lipinski definition) is 1. The van der Waals surface area contributed by atoms with E-state index in [2.05, 4.69) is 10.4 Å². The molecule has 0 bridgehead atoms. The molecule has 0 fully saturated rings. The number of carbonyl (C=O) groups excluding carboxylic acids is 3. The Morgan fingerprint density at radius 3 is 2.25 bits per heavy atom. The number of amidine groups is 1. The molecule has 144 valence electrons. The molecule has 7 nitrogen and oxygen atoms in total. The summed E-state index contributed by atoms with van der Waals surface area (Å²) in [6.07, 6.45) is 0. The highest BCUT2D eigenvalue weighted by Gasteiger charge is 2.32. The van der Waals surface area contributed by atoms with E-state index in [1.165, 1.54) is 30.6 Å². The molecule has 0 spiro atoms. The highest BCUT2D eigenvalue weighted by atomic mass is 32.2. The van der Waals surface area contributed by atoms with E-state index in [9.17, 15) is 14.4 Å². The van der Waals surface area contributed by atoms with Crippen LogP contribution in [0.5, 0.6) is 5.75 Å². The van der Waals surface area contributed by atoms with Gasteiger partial charge in [-0.1, -0.05) is 41.6 Å². The molecule has 0 aromatic heterocycles. The number of amides is 2. The lowest BCUT2D eigenvalue weighted by Crippen LogP contribution is -2.25. The van der Waals surface area contributed by atoms with Crippen LogP contribution in [0.4, 0.5) is 0 Å². The minimum absolute atomic E-state index is 0.243. The maximum atomic E-state index is 12.2. The van der Waals surface area contributed by atoms with E-state index in [1.54, 1.807) is 36.4 Å². The molecule has 8 heteroatoms. The quantitative estimate of drug-likeness (QED) is 0.635. The maximum Gasteiger partial charge on any atom is 0.343 e. The standard InChI is InChI=1S/C20H19N3O4S/c1-12-4-6-16(7-5-12)19(26)27-17-10-8-15(9-11-17)18-23(14(3)25)22-20(28-18)21-13(2)24/h4-11,18H,1-3H3,(H,21,22,24)/t18-/m1/s1. The van der Waals surface area contributed by atoms with Crippen LogP contribution >= 0.6 is 11.8 Å². The van der Waals surface area contributed by atoms with Gasteiger partial charge in [-0.3, -0.25) is 9.59 Å². The number of nitrogens with one attached hydrogen (secondary N) is 1. The Hall–Kier alpha value is -3.13. The van der Waals surface area contributed by atoms with Gasteiger partial charge in [0.15, 0.2) is 5.17 Å². The molecule has 2 amide bonds. The Morgan fingerprint density at radius 2 is 1.68 bits per heavy atom. The molecule has 0 aliphatic carbocycles. The van der Waals surface area contributed by atoms with Crippen LogP contribution in [0.1, 0.15) is 40.7 Å². The Labute approximate surface area is 166 Å². The van der Waals surface area contributed by atoms with E-state index < -0.39 is 11.3 Å². The van der Waals surface area contributed by atoms with Gasteiger partial charge in [0.25, 0.3) is 0 Å². The second-order valence-corrected chi connectivity index (χ2v) is 7.31. The van der Waals surface area contributed by atoms with Crippen molar-refractivity contribution >= 4 is 34.7 Å². The van der Waals surface area contributed by atoms with Crippen LogP contribution in [0.2, 0.25) is 0 Å². The molecule has 1 aliphatic rings. The van der Waals surface area contributed by atoms with Crippen molar-refractivity contribution in [1.29, 1.82) is 0 Å². The highest BCUT2D eigenvalue weighted by molar-refractivity contribution is 8.14. The number of benzene rings is 2. The number of aryl methyl sites for hydroxylation is 1. The zero-order chi connectivity index (χ0) is 20.3. The van der Waals surface area contributed by atoms with Crippen molar-refractivity contribution < 1.29 is 19.1 Å². The lowest BCUT2D eigenvalue weighted by molar-refractivity contribution is -0.129.